The van der Waals surface area contributed by atoms with Gasteiger partial charge in [-0.3, -0.25) is 0 Å². The molecule has 0 radical (unpaired) electrons. The molecule has 0 spiro atoms. The van der Waals surface area contributed by atoms with Crippen LogP contribution in [0.4, 0.5) is 4.79 Å². The Kier molecular flexibility index (Phi) is 3.92. The van der Waals surface area contributed by atoms with Crippen molar-refractivity contribution in [3.8, 4) is 11.5 Å². The lowest BCUT2D eigenvalue weighted by atomic mass is 9.96. The molecule has 1 amide bonds. The molecular weight excluding hydrogens is 234 g/mol. The van der Waals surface area contributed by atoms with Crippen LogP contribution in [-0.4, -0.2) is 33.5 Å². The highest BCUT2D eigenvalue weighted by atomic mass is 16.5. The third kappa shape index (κ3) is 2.67. The van der Waals surface area contributed by atoms with E-state index in [1.54, 1.807) is 7.11 Å². The average molecular weight is 251 g/mol. The molecule has 1 aliphatic rings. The fraction of sp³-hybridized carbons (Fsp3) is 0.462. The Balaban J connectivity index is 2.00. The molecule has 1 atom stereocenters. The van der Waals surface area contributed by atoms with E-state index < -0.39 is 6.09 Å². The minimum Gasteiger partial charge on any atom is -0.493 e. The number of para-hydroxylation sites is 1. The lowest BCUT2D eigenvalue weighted by Gasteiger charge is -2.26. The summed E-state index contributed by atoms with van der Waals surface area (Å²) in [5, 5.41) is 2.69. The number of benzene rings is 1. The summed E-state index contributed by atoms with van der Waals surface area (Å²) in [5.41, 5.74) is 1.11. The number of ether oxygens (including phenoxy) is 3. The van der Waals surface area contributed by atoms with Crippen molar-refractivity contribution in [1.82, 2.24) is 5.32 Å². The summed E-state index contributed by atoms with van der Waals surface area (Å²) >= 11 is 0. The molecule has 2 rings (SSSR count). The fourth-order valence-corrected chi connectivity index (χ4v) is 2.05. The number of alkyl carbamates (subject to hydrolysis) is 1. The highest BCUT2D eigenvalue weighted by molar-refractivity contribution is 5.66. The maximum absolute atomic E-state index is 11.0. The van der Waals surface area contributed by atoms with Crippen molar-refractivity contribution in [3.05, 3.63) is 23.8 Å². The van der Waals surface area contributed by atoms with Crippen LogP contribution in [0.15, 0.2) is 18.2 Å². The number of amides is 1. The van der Waals surface area contributed by atoms with Gasteiger partial charge in [0.2, 0.25) is 0 Å². The van der Waals surface area contributed by atoms with Gasteiger partial charge in [-0.2, -0.15) is 0 Å². The van der Waals surface area contributed by atoms with E-state index in [1.165, 1.54) is 7.11 Å². The molecule has 0 unspecified atom stereocenters. The van der Waals surface area contributed by atoms with Crippen molar-refractivity contribution in [1.29, 1.82) is 0 Å². The maximum Gasteiger partial charge on any atom is 0.406 e. The van der Waals surface area contributed by atoms with Crippen molar-refractivity contribution >= 4 is 6.09 Å². The lowest BCUT2D eigenvalue weighted by molar-refractivity contribution is 0.162. The normalized spacial score (nSPS) is 17.3. The van der Waals surface area contributed by atoms with Crippen molar-refractivity contribution in [2.24, 2.45) is 5.92 Å². The second kappa shape index (κ2) is 5.62. The highest BCUT2D eigenvalue weighted by Gasteiger charge is 2.22. The molecule has 0 aromatic heterocycles. The first-order valence-electron chi connectivity index (χ1n) is 5.85. The van der Waals surface area contributed by atoms with E-state index in [1.807, 2.05) is 18.2 Å². The van der Waals surface area contributed by atoms with Crippen LogP contribution in [0.2, 0.25) is 0 Å². The van der Waals surface area contributed by atoms with Crippen LogP contribution in [0.1, 0.15) is 5.56 Å². The number of methoxy groups -OCH3 is 2. The Morgan fingerprint density at radius 1 is 1.50 bits per heavy atom. The zero-order chi connectivity index (χ0) is 13.0. The van der Waals surface area contributed by atoms with Gasteiger partial charge in [0.1, 0.15) is 0 Å². The third-order valence-corrected chi connectivity index (χ3v) is 2.97. The molecule has 0 bridgehead atoms. The number of rotatable bonds is 3. The van der Waals surface area contributed by atoms with E-state index in [0.29, 0.717) is 13.2 Å². The Morgan fingerprint density at radius 3 is 3.06 bits per heavy atom. The number of carbonyl (C=O) groups excluding carboxylic acids is 1. The van der Waals surface area contributed by atoms with Crippen molar-refractivity contribution in [3.63, 3.8) is 0 Å². The number of fused-ring (bicyclic) bond motifs is 1. The second-order valence-corrected chi connectivity index (χ2v) is 4.20. The van der Waals surface area contributed by atoms with Gasteiger partial charge in [-0.1, -0.05) is 12.1 Å². The molecule has 18 heavy (non-hydrogen) atoms. The third-order valence-electron chi connectivity index (χ3n) is 2.97. The zero-order valence-electron chi connectivity index (χ0n) is 10.6. The van der Waals surface area contributed by atoms with Crippen LogP contribution in [0.3, 0.4) is 0 Å². The van der Waals surface area contributed by atoms with E-state index in [2.05, 4.69) is 10.1 Å². The topological polar surface area (TPSA) is 56.8 Å². The minimum atomic E-state index is -0.411. The summed E-state index contributed by atoms with van der Waals surface area (Å²) in [7, 11) is 2.98. The van der Waals surface area contributed by atoms with E-state index in [-0.39, 0.29) is 5.92 Å². The predicted molar refractivity (Wildman–Crippen MR) is 66.1 cm³/mol. The molecule has 5 heteroatoms. The van der Waals surface area contributed by atoms with Crippen molar-refractivity contribution in [2.75, 3.05) is 27.4 Å². The van der Waals surface area contributed by atoms with E-state index in [4.69, 9.17) is 9.47 Å². The van der Waals surface area contributed by atoms with Gasteiger partial charge in [-0.05, 0) is 18.1 Å². The molecule has 0 aliphatic carbocycles. The molecular formula is C13H17NO4. The van der Waals surface area contributed by atoms with Gasteiger partial charge in [0.05, 0.1) is 20.8 Å². The largest absolute Gasteiger partial charge is 0.493 e. The van der Waals surface area contributed by atoms with Crippen LogP contribution >= 0.6 is 0 Å². The molecule has 1 N–H and O–H groups in total. The molecule has 1 aliphatic heterocycles. The average Bonchev–Trinajstić information content (AvgIpc) is 2.43. The van der Waals surface area contributed by atoms with Gasteiger partial charge >= 0.3 is 6.09 Å². The standard InChI is InChI=1S/C13H17NO4/c1-16-11-5-3-4-10-6-9(8-18-12(10)11)7-14-13(15)17-2/h3-5,9H,6-8H2,1-2H3,(H,14,15)/t9-/m1/s1. The summed E-state index contributed by atoms with van der Waals surface area (Å²) in [4.78, 5) is 11.0. The molecule has 1 aromatic rings. The number of hydrogen-bond donors (Lipinski definition) is 1. The monoisotopic (exact) mass is 251 g/mol. The number of nitrogens with one attached hydrogen (secondary N) is 1. The lowest BCUT2D eigenvalue weighted by Crippen LogP contribution is -2.34. The minimum absolute atomic E-state index is 0.253. The predicted octanol–water partition coefficient (Wildman–Crippen LogP) is 1.60. The molecule has 0 saturated carbocycles. The van der Waals surface area contributed by atoms with Gasteiger partial charge in [-0.25, -0.2) is 4.79 Å². The SMILES string of the molecule is COC(=O)NC[C@@H]1COc2c(cccc2OC)C1. The Bertz CT molecular complexity index is 433. The summed E-state index contributed by atoms with van der Waals surface area (Å²) in [6.07, 6.45) is 0.447. The molecule has 1 heterocycles. The zero-order valence-corrected chi connectivity index (χ0v) is 10.6. The summed E-state index contributed by atoms with van der Waals surface area (Å²) in [5.74, 6) is 1.82. The molecule has 0 fully saturated rings. The number of hydrogen-bond acceptors (Lipinski definition) is 4. The van der Waals surface area contributed by atoms with Gasteiger partial charge in [0.15, 0.2) is 11.5 Å². The highest BCUT2D eigenvalue weighted by Crippen LogP contribution is 2.35. The molecule has 0 saturated heterocycles. The number of carbonyl (C=O) groups is 1. The van der Waals surface area contributed by atoms with Crippen molar-refractivity contribution < 1.29 is 19.0 Å². The molecule has 98 valence electrons. The van der Waals surface area contributed by atoms with Crippen molar-refractivity contribution in [2.45, 2.75) is 6.42 Å². The van der Waals surface area contributed by atoms with Crippen LogP contribution in [0, 0.1) is 5.92 Å². The molecule has 1 aromatic carbocycles. The van der Waals surface area contributed by atoms with E-state index in [0.717, 1.165) is 23.5 Å². The second-order valence-electron chi connectivity index (χ2n) is 4.20. The van der Waals surface area contributed by atoms with Crippen LogP contribution in [0.5, 0.6) is 11.5 Å². The van der Waals surface area contributed by atoms with E-state index in [9.17, 15) is 4.79 Å². The Hall–Kier alpha value is -1.91. The van der Waals surface area contributed by atoms with Gasteiger partial charge in [-0.15, -0.1) is 0 Å². The van der Waals surface area contributed by atoms with Gasteiger partial charge in [0, 0.05) is 12.5 Å². The first-order chi connectivity index (χ1) is 8.74. The summed E-state index contributed by atoms with van der Waals surface area (Å²) in [6.45, 7) is 1.11. The van der Waals surface area contributed by atoms with Crippen LogP contribution in [-0.2, 0) is 11.2 Å². The van der Waals surface area contributed by atoms with Gasteiger partial charge < -0.3 is 19.5 Å². The quantitative estimate of drug-likeness (QED) is 0.886. The first kappa shape index (κ1) is 12.5. The first-order valence-corrected chi connectivity index (χ1v) is 5.85. The van der Waals surface area contributed by atoms with Gasteiger partial charge in [0.25, 0.3) is 0 Å². The fourth-order valence-electron chi connectivity index (χ4n) is 2.05. The van der Waals surface area contributed by atoms with Crippen LogP contribution < -0.4 is 14.8 Å². The van der Waals surface area contributed by atoms with E-state index >= 15 is 0 Å². The van der Waals surface area contributed by atoms with Crippen LogP contribution in [0.25, 0.3) is 0 Å². The maximum atomic E-state index is 11.0. The summed E-state index contributed by atoms with van der Waals surface area (Å²) < 4.78 is 15.5. The molecule has 5 nitrogen and oxygen atoms in total. The summed E-state index contributed by atoms with van der Waals surface area (Å²) in [6, 6.07) is 5.84. The Labute approximate surface area is 106 Å². The Morgan fingerprint density at radius 2 is 2.33 bits per heavy atom. The smallest absolute Gasteiger partial charge is 0.406 e.